The second-order valence-electron chi connectivity index (χ2n) is 3.38. The van der Waals surface area contributed by atoms with Gasteiger partial charge < -0.3 is 10.5 Å². The molecule has 14 heavy (non-hydrogen) atoms. The van der Waals surface area contributed by atoms with Crippen molar-refractivity contribution in [3.63, 3.8) is 0 Å². The van der Waals surface area contributed by atoms with Gasteiger partial charge in [-0.3, -0.25) is 0 Å². The summed E-state index contributed by atoms with van der Waals surface area (Å²) in [6, 6.07) is 5.00. The molecule has 1 aromatic carbocycles. The second kappa shape index (κ2) is 3.53. The van der Waals surface area contributed by atoms with Gasteiger partial charge in [-0.25, -0.2) is 0 Å². The minimum absolute atomic E-state index is 0.0469. The maximum absolute atomic E-state index is 11.9. The first-order chi connectivity index (χ1) is 6.66. The molecule has 0 spiro atoms. The lowest BCUT2D eigenvalue weighted by Gasteiger charge is -2.07. The molecule has 0 fully saturated rings. The van der Waals surface area contributed by atoms with Gasteiger partial charge in [0.15, 0.2) is 0 Å². The van der Waals surface area contributed by atoms with E-state index in [-0.39, 0.29) is 11.8 Å². The smallest absolute Gasteiger partial charge is 0.387 e. The summed E-state index contributed by atoms with van der Waals surface area (Å²) in [6.07, 6.45) is 1.73. The highest BCUT2D eigenvalue weighted by Crippen LogP contribution is 2.32. The first kappa shape index (κ1) is 9.40. The zero-order valence-corrected chi connectivity index (χ0v) is 7.54. The fraction of sp³-hybridized carbons (Fsp3) is 0.400. The first-order valence-electron chi connectivity index (χ1n) is 4.50. The number of hydrogen-bond donors (Lipinski definition) is 1. The van der Waals surface area contributed by atoms with E-state index in [1.54, 1.807) is 12.1 Å². The molecule has 0 unspecified atom stereocenters. The van der Waals surface area contributed by atoms with E-state index in [1.165, 1.54) is 6.07 Å². The molecular weight excluding hydrogens is 188 g/mol. The Morgan fingerprint density at radius 2 is 2.21 bits per heavy atom. The fourth-order valence-electron chi connectivity index (χ4n) is 1.80. The summed E-state index contributed by atoms with van der Waals surface area (Å²) < 4.78 is 28.1. The Balaban J connectivity index is 2.24. The molecule has 0 saturated heterocycles. The van der Waals surface area contributed by atoms with Crippen molar-refractivity contribution in [1.82, 2.24) is 0 Å². The molecule has 1 aliphatic rings. The summed E-state index contributed by atoms with van der Waals surface area (Å²) in [4.78, 5) is 0. The number of halogens is 2. The van der Waals surface area contributed by atoms with Crippen molar-refractivity contribution in [2.75, 3.05) is 0 Å². The molecule has 1 aromatic rings. The third-order valence-electron chi connectivity index (χ3n) is 2.46. The van der Waals surface area contributed by atoms with E-state index in [0.717, 1.165) is 24.0 Å². The zero-order chi connectivity index (χ0) is 10.1. The van der Waals surface area contributed by atoms with Crippen LogP contribution in [0.15, 0.2) is 18.2 Å². The van der Waals surface area contributed by atoms with Crippen LogP contribution in [-0.2, 0) is 6.42 Å². The van der Waals surface area contributed by atoms with E-state index in [9.17, 15) is 8.78 Å². The number of benzene rings is 1. The minimum atomic E-state index is -2.76. The third kappa shape index (κ3) is 1.70. The summed E-state index contributed by atoms with van der Waals surface area (Å²) in [6.45, 7) is -2.76. The number of aryl methyl sites for hydroxylation is 1. The topological polar surface area (TPSA) is 35.2 Å². The highest BCUT2D eigenvalue weighted by atomic mass is 19.3. The lowest BCUT2D eigenvalue weighted by molar-refractivity contribution is -0.0498. The van der Waals surface area contributed by atoms with Crippen LogP contribution in [0, 0.1) is 0 Å². The van der Waals surface area contributed by atoms with Crippen molar-refractivity contribution in [2.24, 2.45) is 5.73 Å². The van der Waals surface area contributed by atoms with Crippen molar-refractivity contribution in [1.29, 1.82) is 0 Å². The predicted octanol–water partition coefficient (Wildman–Crippen LogP) is 2.23. The van der Waals surface area contributed by atoms with E-state index in [4.69, 9.17) is 5.73 Å². The molecule has 4 heteroatoms. The summed E-state index contributed by atoms with van der Waals surface area (Å²) in [7, 11) is 0. The standard InChI is InChI=1S/C10H11F2NO/c11-10(12)14-7-2-3-8-6(5-7)1-4-9(8)13/h2-3,5,9-10H,1,4,13H2/t9-/m1/s1. The Labute approximate surface area is 80.7 Å². The molecule has 2 N–H and O–H groups in total. The highest BCUT2D eigenvalue weighted by molar-refractivity contribution is 5.40. The highest BCUT2D eigenvalue weighted by Gasteiger charge is 2.19. The van der Waals surface area contributed by atoms with Gasteiger partial charge in [0, 0.05) is 6.04 Å². The molecule has 76 valence electrons. The molecule has 0 saturated carbocycles. The molecule has 0 radical (unpaired) electrons. The van der Waals surface area contributed by atoms with Crippen molar-refractivity contribution in [2.45, 2.75) is 25.5 Å². The van der Waals surface area contributed by atoms with Crippen LogP contribution in [0.2, 0.25) is 0 Å². The van der Waals surface area contributed by atoms with Crippen LogP contribution in [0.1, 0.15) is 23.6 Å². The molecule has 1 aliphatic carbocycles. The molecule has 1 atom stereocenters. The quantitative estimate of drug-likeness (QED) is 0.792. The van der Waals surface area contributed by atoms with E-state index in [0.29, 0.717) is 0 Å². The van der Waals surface area contributed by atoms with Crippen molar-refractivity contribution in [3.8, 4) is 5.75 Å². The number of nitrogens with two attached hydrogens (primary N) is 1. The van der Waals surface area contributed by atoms with E-state index < -0.39 is 6.61 Å². The molecular formula is C10H11F2NO. The van der Waals surface area contributed by atoms with Crippen LogP contribution in [-0.4, -0.2) is 6.61 Å². The monoisotopic (exact) mass is 199 g/mol. The Morgan fingerprint density at radius 1 is 1.43 bits per heavy atom. The lowest BCUT2D eigenvalue weighted by atomic mass is 10.1. The second-order valence-corrected chi connectivity index (χ2v) is 3.38. The Hall–Kier alpha value is -1.16. The average molecular weight is 199 g/mol. The van der Waals surface area contributed by atoms with Gasteiger partial charge in [0.05, 0.1) is 0 Å². The van der Waals surface area contributed by atoms with E-state index >= 15 is 0 Å². The maximum Gasteiger partial charge on any atom is 0.387 e. The predicted molar refractivity (Wildman–Crippen MR) is 48.3 cm³/mol. The van der Waals surface area contributed by atoms with Crippen LogP contribution in [0.5, 0.6) is 5.75 Å². The molecule has 2 rings (SSSR count). The fourth-order valence-corrected chi connectivity index (χ4v) is 1.80. The SMILES string of the molecule is N[C@@H]1CCc2cc(OC(F)F)ccc21. The summed E-state index contributed by atoms with van der Waals surface area (Å²) in [5.41, 5.74) is 7.88. The number of hydrogen-bond acceptors (Lipinski definition) is 2. The third-order valence-corrected chi connectivity index (χ3v) is 2.46. The van der Waals surface area contributed by atoms with Gasteiger partial charge in [-0.1, -0.05) is 6.07 Å². The molecule has 0 heterocycles. The number of ether oxygens (including phenoxy) is 1. The van der Waals surface area contributed by atoms with Gasteiger partial charge in [-0.2, -0.15) is 8.78 Å². The normalized spacial score (nSPS) is 19.9. The molecule has 0 amide bonds. The van der Waals surface area contributed by atoms with Crippen LogP contribution >= 0.6 is 0 Å². The van der Waals surface area contributed by atoms with Crippen LogP contribution in [0.4, 0.5) is 8.78 Å². The Morgan fingerprint density at radius 3 is 2.93 bits per heavy atom. The lowest BCUT2D eigenvalue weighted by Crippen LogP contribution is -2.05. The van der Waals surface area contributed by atoms with Crippen molar-refractivity contribution in [3.05, 3.63) is 29.3 Å². The number of alkyl halides is 2. The molecule has 0 bridgehead atoms. The maximum atomic E-state index is 11.9. The molecule has 0 aliphatic heterocycles. The van der Waals surface area contributed by atoms with Gasteiger partial charge in [0.1, 0.15) is 5.75 Å². The summed E-state index contributed by atoms with van der Waals surface area (Å²) in [5.74, 6) is 0.216. The minimum Gasteiger partial charge on any atom is -0.435 e. The van der Waals surface area contributed by atoms with Gasteiger partial charge in [0.2, 0.25) is 0 Å². The van der Waals surface area contributed by atoms with Crippen LogP contribution < -0.4 is 10.5 Å². The summed E-state index contributed by atoms with van der Waals surface area (Å²) >= 11 is 0. The number of rotatable bonds is 2. The van der Waals surface area contributed by atoms with Gasteiger partial charge in [-0.15, -0.1) is 0 Å². The number of fused-ring (bicyclic) bond motifs is 1. The Kier molecular flexibility index (Phi) is 2.37. The largest absolute Gasteiger partial charge is 0.435 e. The van der Waals surface area contributed by atoms with Crippen molar-refractivity contribution < 1.29 is 13.5 Å². The van der Waals surface area contributed by atoms with E-state index in [1.807, 2.05) is 0 Å². The van der Waals surface area contributed by atoms with Crippen LogP contribution in [0.25, 0.3) is 0 Å². The van der Waals surface area contributed by atoms with Crippen LogP contribution in [0.3, 0.4) is 0 Å². The Bertz CT molecular complexity index is 341. The molecule has 2 nitrogen and oxygen atoms in total. The first-order valence-corrected chi connectivity index (χ1v) is 4.50. The van der Waals surface area contributed by atoms with Gasteiger partial charge in [-0.05, 0) is 36.1 Å². The van der Waals surface area contributed by atoms with E-state index in [2.05, 4.69) is 4.74 Å². The average Bonchev–Trinajstić information content (AvgIpc) is 2.46. The summed E-state index contributed by atoms with van der Waals surface area (Å²) in [5, 5.41) is 0. The zero-order valence-electron chi connectivity index (χ0n) is 7.54. The van der Waals surface area contributed by atoms with Crippen molar-refractivity contribution >= 4 is 0 Å². The van der Waals surface area contributed by atoms with Gasteiger partial charge >= 0.3 is 6.61 Å². The van der Waals surface area contributed by atoms with Gasteiger partial charge in [0.25, 0.3) is 0 Å². The molecule has 0 aromatic heterocycles.